The molecule has 0 spiro atoms. The Balaban J connectivity index is 1.68. The first-order valence-corrected chi connectivity index (χ1v) is 8.63. The van der Waals surface area contributed by atoms with Crippen molar-refractivity contribution in [3.8, 4) is 17.5 Å². The fourth-order valence-electron chi connectivity index (χ4n) is 2.06. The molecule has 10 heteroatoms. The van der Waals surface area contributed by atoms with E-state index in [9.17, 15) is 9.90 Å². The molecule has 1 heterocycles. The summed E-state index contributed by atoms with van der Waals surface area (Å²) in [4.78, 5) is 12.2. The molecule has 130 valence electrons. The Labute approximate surface area is 157 Å². The molecule has 2 N–H and O–H groups in total. The lowest BCUT2D eigenvalue weighted by Gasteiger charge is -2.07. The van der Waals surface area contributed by atoms with Gasteiger partial charge >= 0.3 is 0 Å². The summed E-state index contributed by atoms with van der Waals surface area (Å²) in [6.45, 7) is 0. The Kier molecular flexibility index (Phi) is 5.36. The zero-order valence-electron chi connectivity index (χ0n) is 13.1. The van der Waals surface area contributed by atoms with E-state index in [0.29, 0.717) is 27.1 Å². The summed E-state index contributed by atoms with van der Waals surface area (Å²) in [6.07, 6.45) is 0. The zero-order valence-corrected chi connectivity index (χ0v) is 14.7. The molecule has 0 unspecified atom stereocenters. The molecule has 26 heavy (non-hydrogen) atoms. The van der Waals surface area contributed by atoms with Crippen LogP contribution in [0.15, 0.2) is 47.6 Å². The van der Waals surface area contributed by atoms with Crippen molar-refractivity contribution in [3.63, 3.8) is 0 Å². The maximum atomic E-state index is 12.2. The third kappa shape index (κ3) is 4.11. The minimum Gasteiger partial charge on any atom is -0.508 e. The molecule has 0 fully saturated rings. The van der Waals surface area contributed by atoms with Crippen LogP contribution in [0, 0.1) is 11.3 Å². The topological polar surface area (TPSA) is 117 Å². The molecule has 3 rings (SSSR count). The summed E-state index contributed by atoms with van der Waals surface area (Å²) >= 11 is 7.04. The highest BCUT2D eigenvalue weighted by Gasteiger charge is 2.13. The van der Waals surface area contributed by atoms with Crippen molar-refractivity contribution >= 4 is 35.0 Å². The van der Waals surface area contributed by atoms with Gasteiger partial charge in [-0.1, -0.05) is 23.4 Å². The van der Waals surface area contributed by atoms with E-state index in [1.54, 1.807) is 18.2 Å². The third-order valence-corrected chi connectivity index (χ3v) is 4.40. The van der Waals surface area contributed by atoms with Gasteiger partial charge in [-0.05, 0) is 52.9 Å². The molecule has 8 nitrogen and oxygen atoms in total. The number of hydrogen-bond acceptors (Lipinski definition) is 7. The number of nitrogens with one attached hydrogen (secondary N) is 1. The van der Waals surface area contributed by atoms with Crippen LogP contribution >= 0.6 is 23.4 Å². The fraction of sp³-hybridized carbons (Fsp3) is 0.0625. The van der Waals surface area contributed by atoms with Crippen LogP contribution in [-0.4, -0.2) is 37.0 Å². The van der Waals surface area contributed by atoms with E-state index < -0.39 is 0 Å². The fourth-order valence-corrected chi connectivity index (χ4v) is 2.92. The van der Waals surface area contributed by atoms with Gasteiger partial charge in [-0.3, -0.25) is 4.79 Å². The van der Waals surface area contributed by atoms with E-state index in [0.717, 1.165) is 11.8 Å². The number of thioether (sulfide) groups is 1. The monoisotopic (exact) mass is 386 g/mol. The standard InChI is InChI=1S/C16H11ClN6O2S/c17-11-2-1-10(8-18)14(7-11)19-15(25)9-26-16-20-21-22-23(16)12-3-5-13(24)6-4-12/h1-7,24H,9H2,(H,19,25). The molecule has 0 bridgehead atoms. The number of hydrogen-bond donors (Lipinski definition) is 2. The van der Waals surface area contributed by atoms with E-state index in [1.807, 2.05) is 6.07 Å². The number of halogens is 1. The van der Waals surface area contributed by atoms with Gasteiger partial charge in [0, 0.05) is 5.02 Å². The molecule has 1 aromatic heterocycles. The van der Waals surface area contributed by atoms with E-state index in [4.69, 9.17) is 16.9 Å². The minimum atomic E-state index is -0.325. The van der Waals surface area contributed by atoms with Gasteiger partial charge in [0.25, 0.3) is 0 Å². The highest BCUT2D eigenvalue weighted by Crippen LogP contribution is 2.22. The first-order valence-electron chi connectivity index (χ1n) is 7.27. The summed E-state index contributed by atoms with van der Waals surface area (Å²) in [7, 11) is 0. The molecule has 0 radical (unpaired) electrons. The molecule has 0 aliphatic carbocycles. The number of tetrazole rings is 1. The molecule has 2 aromatic carbocycles. The maximum Gasteiger partial charge on any atom is 0.234 e. The largest absolute Gasteiger partial charge is 0.508 e. The number of aromatic hydroxyl groups is 1. The lowest BCUT2D eigenvalue weighted by molar-refractivity contribution is -0.113. The molecular formula is C16H11ClN6O2S. The number of carbonyl (C=O) groups is 1. The van der Waals surface area contributed by atoms with Crippen LogP contribution in [0.5, 0.6) is 5.75 Å². The summed E-state index contributed by atoms with van der Waals surface area (Å²) in [5.41, 5.74) is 1.32. The predicted octanol–water partition coefficient (Wildman–Crippen LogP) is 2.62. The predicted molar refractivity (Wildman–Crippen MR) is 96.3 cm³/mol. The average molecular weight is 387 g/mol. The number of phenolic OH excluding ortho intramolecular Hbond substituents is 1. The first-order chi connectivity index (χ1) is 12.6. The summed E-state index contributed by atoms with van der Waals surface area (Å²) in [5.74, 6) is -0.158. The van der Waals surface area contributed by atoms with Gasteiger partial charge in [-0.15, -0.1) is 5.10 Å². The second kappa shape index (κ2) is 7.86. The molecule has 0 saturated heterocycles. The van der Waals surface area contributed by atoms with Crippen LogP contribution in [0.4, 0.5) is 5.69 Å². The maximum absolute atomic E-state index is 12.2. The lowest BCUT2D eigenvalue weighted by Crippen LogP contribution is -2.15. The average Bonchev–Trinajstić information content (AvgIpc) is 3.09. The van der Waals surface area contributed by atoms with Crippen LogP contribution < -0.4 is 5.32 Å². The van der Waals surface area contributed by atoms with Gasteiger partial charge in [0.2, 0.25) is 11.1 Å². The normalized spacial score (nSPS) is 10.3. The summed E-state index contributed by atoms with van der Waals surface area (Å²) in [6, 6.07) is 13.0. The van der Waals surface area contributed by atoms with Crippen molar-refractivity contribution in [2.24, 2.45) is 0 Å². The van der Waals surface area contributed by atoms with Crippen LogP contribution in [0.2, 0.25) is 5.02 Å². The smallest absolute Gasteiger partial charge is 0.234 e. The Morgan fingerprint density at radius 2 is 2.08 bits per heavy atom. The van der Waals surface area contributed by atoms with Gasteiger partial charge in [0.05, 0.1) is 22.7 Å². The van der Waals surface area contributed by atoms with Gasteiger partial charge < -0.3 is 10.4 Å². The number of rotatable bonds is 5. The highest BCUT2D eigenvalue weighted by atomic mass is 35.5. The summed E-state index contributed by atoms with van der Waals surface area (Å²) < 4.78 is 1.46. The van der Waals surface area contributed by atoms with E-state index in [1.165, 1.54) is 28.9 Å². The summed E-state index contributed by atoms with van der Waals surface area (Å²) in [5, 5.41) is 33.3. The van der Waals surface area contributed by atoms with Crippen molar-refractivity contribution in [1.82, 2.24) is 20.2 Å². The number of nitriles is 1. The Morgan fingerprint density at radius 3 is 2.81 bits per heavy atom. The second-order valence-electron chi connectivity index (χ2n) is 5.03. The van der Waals surface area contributed by atoms with Crippen molar-refractivity contribution < 1.29 is 9.90 Å². The number of carbonyl (C=O) groups excluding carboxylic acids is 1. The number of nitrogens with zero attached hydrogens (tertiary/aromatic N) is 5. The third-order valence-electron chi connectivity index (χ3n) is 3.24. The Hall–Kier alpha value is -3.09. The second-order valence-corrected chi connectivity index (χ2v) is 6.41. The first kappa shape index (κ1) is 17.7. The van der Waals surface area contributed by atoms with Gasteiger partial charge in [-0.2, -0.15) is 9.94 Å². The van der Waals surface area contributed by atoms with E-state index in [2.05, 4.69) is 20.8 Å². The van der Waals surface area contributed by atoms with E-state index in [-0.39, 0.29) is 17.4 Å². The number of aromatic nitrogens is 4. The number of amides is 1. The minimum absolute atomic E-state index is 0.0375. The SMILES string of the molecule is N#Cc1ccc(Cl)cc1NC(=O)CSc1nnnn1-c1ccc(O)cc1. The van der Waals surface area contributed by atoms with Crippen LogP contribution in [0.3, 0.4) is 0 Å². The van der Waals surface area contributed by atoms with Crippen molar-refractivity contribution in [2.75, 3.05) is 11.1 Å². The van der Waals surface area contributed by atoms with Gasteiger partial charge in [-0.25, -0.2) is 0 Å². The van der Waals surface area contributed by atoms with Crippen molar-refractivity contribution in [3.05, 3.63) is 53.1 Å². The molecule has 1 amide bonds. The molecule has 3 aromatic rings. The molecule has 0 atom stereocenters. The van der Waals surface area contributed by atoms with Crippen molar-refractivity contribution in [2.45, 2.75) is 5.16 Å². The van der Waals surface area contributed by atoms with Crippen molar-refractivity contribution in [1.29, 1.82) is 5.26 Å². The van der Waals surface area contributed by atoms with Crippen LogP contribution in [0.1, 0.15) is 5.56 Å². The van der Waals surface area contributed by atoms with Gasteiger partial charge in [0.1, 0.15) is 11.8 Å². The molecule has 0 aliphatic rings. The van der Waals surface area contributed by atoms with Crippen LogP contribution in [0.25, 0.3) is 5.69 Å². The zero-order chi connectivity index (χ0) is 18.5. The quantitative estimate of drug-likeness (QED) is 0.647. The van der Waals surface area contributed by atoms with E-state index >= 15 is 0 Å². The lowest BCUT2D eigenvalue weighted by atomic mass is 10.2. The molecular weight excluding hydrogens is 376 g/mol. The van der Waals surface area contributed by atoms with Gasteiger partial charge in [0.15, 0.2) is 0 Å². The number of benzene rings is 2. The number of phenols is 1. The van der Waals surface area contributed by atoms with Crippen LogP contribution in [-0.2, 0) is 4.79 Å². The Bertz CT molecular complexity index is 983. The Morgan fingerprint density at radius 1 is 1.31 bits per heavy atom. The molecule has 0 saturated carbocycles. The molecule has 0 aliphatic heterocycles. The highest BCUT2D eigenvalue weighted by molar-refractivity contribution is 7.99. The number of anilines is 1.